The highest BCUT2D eigenvalue weighted by molar-refractivity contribution is 8.00. The van der Waals surface area contributed by atoms with Crippen molar-refractivity contribution in [3.8, 4) is 17.0 Å². The van der Waals surface area contributed by atoms with Crippen LogP contribution in [0, 0.1) is 0 Å². The van der Waals surface area contributed by atoms with Gasteiger partial charge >= 0.3 is 0 Å². The van der Waals surface area contributed by atoms with Gasteiger partial charge in [-0.3, -0.25) is 9.59 Å². The predicted molar refractivity (Wildman–Crippen MR) is 149 cm³/mol. The molecule has 0 unspecified atom stereocenters. The lowest BCUT2D eigenvalue weighted by molar-refractivity contribution is -0.114. The van der Waals surface area contributed by atoms with Crippen molar-refractivity contribution in [2.75, 3.05) is 23.0 Å². The highest BCUT2D eigenvalue weighted by Gasteiger charge is 2.09. The van der Waals surface area contributed by atoms with Crippen LogP contribution < -0.4 is 15.4 Å². The minimum absolute atomic E-state index is 0.129. The highest BCUT2D eigenvalue weighted by atomic mass is 32.2. The molecule has 36 heavy (non-hydrogen) atoms. The number of thiazole rings is 1. The Balaban J connectivity index is 1.23. The zero-order chi connectivity index (χ0) is 25.2. The fourth-order valence-electron chi connectivity index (χ4n) is 3.21. The molecular weight excluding hydrogens is 490 g/mol. The van der Waals surface area contributed by atoms with E-state index in [-0.39, 0.29) is 17.6 Å². The Morgan fingerprint density at radius 3 is 2.44 bits per heavy atom. The van der Waals surface area contributed by atoms with Crippen molar-refractivity contribution >= 4 is 51.8 Å². The largest absolute Gasteiger partial charge is 0.494 e. The van der Waals surface area contributed by atoms with E-state index in [0.29, 0.717) is 17.4 Å². The van der Waals surface area contributed by atoms with Crippen LogP contribution in [-0.4, -0.2) is 29.2 Å². The molecule has 0 spiro atoms. The van der Waals surface area contributed by atoms with Crippen molar-refractivity contribution in [1.29, 1.82) is 0 Å². The molecule has 1 aromatic heterocycles. The molecule has 2 N–H and O–H groups in total. The molecule has 3 aromatic carbocycles. The number of amides is 2. The highest BCUT2D eigenvalue weighted by Crippen LogP contribution is 2.27. The molecule has 4 rings (SSSR count). The average molecular weight is 516 g/mol. The summed E-state index contributed by atoms with van der Waals surface area (Å²) in [7, 11) is 0. The molecule has 0 aliphatic carbocycles. The summed E-state index contributed by atoms with van der Waals surface area (Å²) < 4.78 is 5.47. The number of benzene rings is 3. The van der Waals surface area contributed by atoms with E-state index in [2.05, 4.69) is 15.6 Å². The van der Waals surface area contributed by atoms with Crippen LogP contribution >= 0.6 is 23.1 Å². The molecule has 1 heterocycles. The summed E-state index contributed by atoms with van der Waals surface area (Å²) in [6.45, 7) is 2.57. The van der Waals surface area contributed by atoms with Gasteiger partial charge in [0.25, 0.3) is 0 Å². The van der Waals surface area contributed by atoms with Crippen molar-refractivity contribution in [2.24, 2.45) is 0 Å². The number of nitrogens with zero attached hydrogens (tertiary/aromatic N) is 1. The zero-order valence-electron chi connectivity index (χ0n) is 19.6. The molecular formula is C28H25N3O3S2. The summed E-state index contributed by atoms with van der Waals surface area (Å²) in [6, 6.07) is 24.7. The molecule has 182 valence electrons. The van der Waals surface area contributed by atoms with Crippen LogP contribution in [0.3, 0.4) is 0 Å². The third-order valence-corrected chi connectivity index (χ3v) is 6.70. The quantitative estimate of drug-likeness (QED) is 0.184. The maximum absolute atomic E-state index is 12.4. The Bertz CT molecular complexity index is 1320. The van der Waals surface area contributed by atoms with Gasteiger partial charge in [0, 0.05) is 27.6 Å². The Kier molecular flexibility index (Phi) is 8.91. The van der Waals surface area contributed by atoms with Crippen LogP contribution in [-0.2, 0) is 9.59 Å². The summed E-state index contributed by atoms with van der Waals surface area (Å²) in [6.07, 6.45) is 3.27. The summed E-state index contributed by atoms with van der Waals surface area (Å²) in [5, 5.41) is 8.17. The molecule has 0 atom stereocenters. The van der Waals surface area contributed by atoms with Crippen LogP contribution in [0.25, 0.3) is 17.3 Å². The van der Waals surface area contributed by atoms with E-state index >= 15 is 0 Å². The summed E-state index contributed by atoms with van der Waals surface area (Å²) in [5.41, 5.74) is 3.42. The van der Waals surface area contributed by atoms with E-state index in [0.717, 1.165) is 27.5 Å². The van der Waals surface area contributed by atoms with Crippen molar-refractivity contribution < 1.29 is 14.3 Å². The zero-order valence-corrected chi connectivity index (χ0v) is 21.3. The maximum atomic E-state index is 12.4. The van der Waals surface area contributed by atoms with Gasteiger partial charge in [-0.15, -0.1) is 23.1 Å². The van der Waals surface area contributed by atoms with E-state index in [1.165, 1.54) is 29.2 Å². The van der Waals surface area contributed by atoms with Crippen LogP contribution in [0.15, 0.2) is 95.2 Å². The summed E-state index contributed by atoms with van der Waals surface area (Å²) in [5.74, 6) is 0.740. The Morgan fingerprint density at radius 2 is 1.72 bits per heavy atom. The van der Waals surface area contributed by atoms with Gasteiger partial charge in [-0.1, -0.05) is 30.3 Å². The lowest BCUT2D eigenvalue weighted by atomic mass is 10.2. The number of ether oxygens (including phenoxy) is 1. The fraction of sp³-hybridized carbons (Fsp3) is 0.107. The Morgan fingerprint density at radius 1 is 0.972 bits per heavy atom. The number of carbonyl (C=O) groups is 2. The molecule has 0 aliphatic heterocycles. The molecule has 2 amide bonds. The van der Waals surface area contributed by atoms with Gasteiger partial charge in [0.2, 0.25) is 11.8 Å². The van der Waals surface area contributed by atoms with E-state index in [4.69, 9.17) is 4.74 Å². The van der Waals surface area contributed by atoms with Crippen molar-refractivity contribution in [1.82, 2.24) is 4.98 Å². The minimum atomic E-state index is -0.202. The van der Waals surface area contributed by atoms with Crippen molar-refractivity contribution in [3.63, 3.8) is 0 Å². The number of nitrogens with one attached hydrogen (secondary N) is 2. The molecule has 4 aromatic rings. The Hall–Kier alpha value is -3.88. The van der Waals surface area contributed by atoms with Crippen molar-refractivity contribution in [2.45, 2.75) is 11.8 Å². The van der Waals surface area contributed by atoms with Gasteiger partial charge in [-0.2, -0.15) is 0 Å². The molecule has 0 bridgehead atoms. The van der Waals surface area contributed by atoms with Gasteiger partial charge in [0.15, 0.2) is 5.13 Å². The molecule has 6 nitrogen and oxygen atoms in total. The Labute approximate surface area is 218 Å². The number of anilines is 2. The first-order valence-electron chi connectivity index (χ1n) is 11.3. The van der Waals surface area contributed by atoms with Gasteiger partial charge < -0.3 is 15.4 Å². The number of hydrogen-bond acceptors (Lipinski definition) is 6. The topological polar surface area (TPSA) is 80.3 Å². The normalized spacial score (nSPS) is 10.8. The molecule has 8 heteroatoms. The first kappa shape index (κ1) is 25.2. The fourth-order valence-corrected chi connectivity index (χ4v) is 4.65. The van der Waals surface area contributed by atoms with E-state index < -0.39 is 0 Å². The monoisotopic (exact) mass is 515 g/mol. The van der Waals surface area contributed by atoms with Crippen molar-refractivity contribution in [3.05, 3.63) is 95.9 Å². The molecule has 0 radical (unpaired) electrons. The van der Waals surface area contributed by atoms with E-state index in [9.17, 15) is 9.59 Å². The van der Waals surface area contributed by atoms with Gasteiger partial charge in [-0.05, 0) is 67.1 Å². The standard InChI is InChI=1S/C28H25N3O3S2/c1-2-34-23-13-9-21(10-14-23)25-18-36-28(30-25)31-27(33)19-35-24-15-11-22(12-16-24)29-26(32)17-8-20-6-4-3-5-7-20/h3-18H,2,19H2,1H3,(H,29,32)(H,30,31,33)/b17-8+. The molecule has 0 saturated heterocycles. The van der Waals surface area contributed by atoms with E-state index in [1.807, 2.05) is 91.2 Å². The number of thioether (sulfide) groups is 1. The number of carbonyl (C=O) groups excluding carboxylic acids is 2. The molecule has 0 saturated carbocycles. The smallest absolute Gasteiger partial charge is 0.248 e. The average Bonchev–Trinajstić information content (AvgIpc) is 3.37. The first-order valence-corrected chi connectivity index (χ1v) is 13.2. The number of aromatic nitrogens is 1. The first-order chi connectivity index (χ1) is 17.6. The third-order valence-electron chi connectivity index (χ3n) is 4.93. The third kappa shape index (κ3) is 7.56. The number of hydrogen-bond donors (Lipinski definition) is 2. The van der Waals surface area contributed by atoms with Crippen LogP contribution in [0.2, 0.25) is 0 Å². The lowest BCUT2D eigenvalue weighted by Crippen LogP contribution is -2.13. The molecule has 0 aliphatic rings. The molecule has 0 fully saturated rings. The predicted octanol–water partition coefficient (Wildman–Crippen LogP) is 6.59. The minimum Gasteiger partial charge on any atom is -0.494 e. The van der Waals surface area contributed by atoms with Gasteiger partial charge in [0.1, 0.15) is 5.75 Å². The maximum Gasteiger partial charge on any atom is 0.248 e. The second kappa shape index (κ2) is 12.7. The summed E-state index contributed by atoms with van der Waals surface area (Å²) in [4.78, 5) is 30.0. The van der Waals surface area contributed by atoms with Crippen LogP contribution in [0.5, 0.6) is 5.75 Å². The lowest BCUT2D eigenvalue weighted by Gasteiger charge is -2.05. The second-order valence-corrected chi connectivity index (χ2v) is 9.50. The van der Waals surface area contributed by atoms with Gasteiger partial charge in [0.05, 0.1) is 18.1 Å². The second-order valence-electron chi connectivity index (χ2n) is 7.59. The number of rotatable bonds is 10. The van der Waals surface area contributed by atoms with Gasteiger partial charge in [-0.25, -0.2) is 4.98 Å². The summed E-state index contributed by atoms with van der Waals surface area (Å²) >= 11 is 2.81. The van der Waals surface area contributed by atoms with Crippen LogP contribution in [0.1, 0.15) is 12.5 Å². The van der Waals surface area contributed by atoms with E-state index in [1.54, 1.807) is 6.08 Å². The van der Waals surface area contributed by atoms with Crippen LogP contribution in [0.4, 0.5) is 10.8 Å². The SMILES string of the molecule is CCOc1ccc(-c2csc(NC(=O)CSc3ccc(NC(=O)/C=C/c4ccccc4)cc3)n2)cc1.